The van der Waals surface area contributed by atoms with Crippen LogP contribution in [0.2, 0.25) is 0 Å². The Kier molecular flexibility index (Phi) is 3.82. The van der Waals surface area contributed by atoms with Crippen molar-refractivity contribution in [2.75, 3.05) is 4.90 Å². The lowest BCUT2D eigenvalue weighted by Gasteiger charge is -2.39. The Hall–Kier alpha value is -3.27. The number of rotatable bonds is 3. The molecule has 2 bridgehead atoms. The van der Waals surface area contributed by atoms with Crippen LogP contribution in [0.3, 0.4) is 0 Å². The lowest BCUT2D eigenvalue weighted by molar-refractivity contribution is -0.112. The monoisotopic (exact) mass is 357 g/mol. The van der Waals surface area contributed by atoms with Gasteiger partial charge >= 0.3 is 0 Å². The first-order valence-electron chi connectivity index (χ1n) is 9.19. The van der Waals surface area contributed by atoms with Crippen LogP contribution in [-0.2, 0) is 4.79 Å². The lowest BCUT2D eigenvalue weighted by atomic mass is 9.88. The van der Waals surface area contributed by atoms with Gasteiger partial charge in [-0.15, -0.1) is 0 Å². The molecule has 0 saturated carbocycles. The minimum atomic E-state index is 0.0590. The van der Waals surface area contributed by atoms with Crippen LogP contribution in [0.5, 0.6) is 0 Å². The molecule has 4 heteroatoms. The molecule has 5 rings (SSSR count). The third-order valence-electron chi connectivity index (χ3n) is 5.36. The van der Waals surface area contributed by atoms with Crippen molar-refractivity contribution in [2.24, 2.45) is 0 Å². The Bertz CT molecular complexity index is 935. The first kappa shape index (κ1) is 15.9. The van der Waals surface area contributed by atoms with Crippen LogP contribution in [0.4, 0.5) is 5.69 Å². The Balaban J connectivity index is 1.65. The standard InChI is InChI=1S/C23H19NO3/c25-23-19(14-17-8-4-12-26-17)21-10-11-22(20(23)15-18-9-5-13-27-18)24(21)16-6-2-1-3-7-16/h1-9,12-15,21-22H,10-11H2/b19-14+,20-15+/t21-,22+. The molecule has 2 aromatic heterocycles. The topological polar surface area (TPSA) is 46.6 Å². The fraction of sp³-hybridized carbons (Fsp3) is 0.174. The smallest absolute Gasteiger partial charge is 0.189 e. The average molecular weight is 357 g/mol. The van der Waals surface area contributed by atoms with Gasteiger partial charge in [0.25, 0.3) is 0 Å². The average Bonchev–Trinajstić information content (AvgIpc) is 3.44. The number of fused-ring (bicyclic) bond motifs is 2. The summed E-state index contributed by atoms with van der Waals surface area (Å²) in [5.74, 6) is 1.49. The molecule has 3 aromatic rings. The van der Waals surface area contributed by atoms with Gasteiger partial charge in [-0.2, -0.15) is 0 Å². The predicted octanol–water partition coefficient (Wildman–Crippen LogP) is 4.96. The molecule has 0 amide bonds. The molecule has 0 unspecified atom stereocenters. The number of anilines is 1. The summed E-state index contributed by atoms with van der Waals surface area (Å²) >= 11 is 0. The van der Waals surface area contributed by atoms with Crippen LogP contribution >= 0.6 is 0 Å². The number of Topliss-reactive ketones (excluding diaryl/α,β-unsaturated/α-hetero) is 1. The van der Waals surface area contributed by atoms with Crippen molar-refractivity contribution in [2.45, 2.75) is 24.9 Å². The zero-order valence-corrected chi connectivity index (χ0v) is 14.7. The van der Waals surface area contributed by atoms with Crippen LogP contribution in [0.1, 0.15) is 24.4 Å². The molecule has 0 N–H and O–H groups in total. The molecule has 1 aromatic carbocycles. The van der Waals surface area contributed by atoms with Gasteiger partial charge in [0.05, 0.1) is 24.6 Å². The largest absolute Gasteiger partial charge is 0.465 e. The number of carbonyl (C=O) groups excluding carboxylic acids is 1. The molecule has 134 valence electrons. The van der Waals surface area contributed by atoms with Gasteiger partial charge in [-0.3, -0.25) is 4.79 Å². The van der Waals surface area contributed by atoms with Crippen LogP contribution in [0.15, 0.2) is 87.1 Å². The third-order valence-corrected chi connectivity index (χ3v) is 5.36. The van der Waals surface area contributed by atoms with Gasteiger partial charge in [0, 0.05) is 16.8 Å². The van der Waals surface area contributed by atoms with E-state index in [0.29, 0.717) is 11.5 Å². The molecule has 4 heterocycles. The van der Waals surface area contributed by atoms with E-state index in [1.807, 2.05) is 54.6 Å². The second kappa shape index (κ2) is 6.47. The maximum Gasteiger partial charge on any atom is 0.189 e. The summed E-state index contributed by atoms with van der Waals surface area (Å²) in [5.41, 5.74) is 2.69. The summed E-state index contributed by atoms with van der Waals surface area (Å²) in [5, 5.41) is 0. The first-order valence-corrected chi connectivity index (χ1v) is 9.19. The minimum Gasteiger partial charge on any atom is -0.465 e. The molecule has 2 fully saturated rings. The van der Waals surface area contributed by atoms with Gasteiger partial charge in [0.15, 0.2) is 5.78 Å². The van der Waals surface area contributed by atoms with Crippen molar-refractivity contribution in [3.63, 3.8) is 0 Å². The molecular formula is C23H19NO3. The summed E-state index contributed by atoms with van der Waals surface area (Å²) in [6, 6.07) is 17.9. The zero-order valence-electron chi connectivity index (χ0n) is 14.7. The van der Waals surface area contributed by atoms with E-state index >= 15 is 0 Å². The van der Waals surface area contributed by atoms with Crippen molar-refractivity contribution < 1.29 is 13.6 Å². The second-order valence-corrected chi connectivity index (χ2v) is 6.91. The molecule has 2 saturated heterocycles. The summed E-state index contributed by atoms with van der Waals surface area (Å²) in [4.78, 5) is 15.7. The number of para-hydroxylation sites is 1. The molecule has 0 radical (unpaired) electrons. The summed E-state index contributed by atoms with van der Waals surface area (Å²) in [7, 11) is 0. The molecule has 0 aliphatic carbocycles. The number of benzene rings is 1. The summed E-state index contributed by atoms with van der Waals surface area (Å²) in [6.45, 7) is 0. The highest BCUT2D eigenvalue weighted by Gasteiger charge is 2.46. The van der Waals surface area contributed by atoms with E-state index < -0.39 is 0 Å². The first-order chi connectivity index (χ1) is 13.3. The molecule has 0 spiro atoms. The number of nitrogens with zero attached hydrogens (tertiary/aromatic N) is 1. The van der Waals surface area contributed by atoms with Crippen molar-refractivity contribution in [1.82, 2.24) is 0 Å². The van der Waals surface area contributed by atoms with Crippen molar-refractivity contribution in [3.05, 3.63) is 89.8 Å². The zero-order chi connectivity index (χ0) is 18.2. The molecule has 2 atom stereocenters. The Morgan fingerprint density at radius 2 is 1.33 bits per heavy atom. The number of furan rings is 2. The highest BCUT2D eigenvalue weighted by atomic mass is 16.3. The quantitative estimate of drug-likeness (QED) is 0.622. The number of ketones is 1. The molecular weight excluding hydrogens is 338 g/mol. The molecule has 2 aliphatic rings. The summed E-state index contributed by atoms with van der Waals surface area (Å²) < 4.78 is 11.0. The number of hydrogen-bond acceptors (Lipinski definition) is 4. The number of piperidine rings is 1. The third kappa shape index (κ3) is 2.74. The van der Waals surface area contributed by atoms with Gasteiger partial charge in [-0.05, 0) is 61.4 Å². The minimum absolute atomic E-state index is 0.0590. The predicted molar refractivity (Wildman–Crippen MR) is 104 cm³/mol. The van der Waals surface area contributed by atoms with Gasteiger partial charge in [0.2, 0.25) is 0 Å². The fourth-order valence-corrected chi connectivity index (χ4v) is 4.23. The van der Waals surface area contributed by atoms with Crippen LogP contribution in [0.25, 0.3) is 12.2 Å². The van der Waals surface area contributed by atoms with Gasteiger partial charge in [-0.25, -0.2) is 0 Å². The molecule has 2 aliphatic heterocycles. The van der Waals surface area contributed by atoms with E-state index in [1.54, 1.807) is 12.5 Å². The van der Waals surface area contributed by atoms with E-state index in [0.717, 1.165) is 29.7 Å². The lowest BCUT2D eigenvalue weighted by Crippen LogP contribution is -2.46. The summed E-state index contributed by atoms with van der Waals surface area (Å²) in [6.07, 6.45) is 8.92. The highest BCUT2D eigenvalue weighted by Crippen LogP contribution is 2.44. The van der Waals surface area contributed by atoms with Gasteiger partial charge in [-0.1, -0.05) is 18.2 Å². The van der Waals surface area contributed by atoms with Crippen molar-refractivity contribution >= 4 is 23.6 Å². The van der Waals surface area contributed by atoms with E-state index in [-0.39, 0.29) is 17.9 Å². The van der Waals surface area contributed by atoms with Gasteiger partial charge < -0.3 is 13.7 Å². The maximum atomic E-state index is 13.4. The molecule has 27 heavy (non-hydrogen) atoms. The SMILES string of the molecule is O=C1/C(=C/c2ccco2)[C@H]2CC[C@@H](/C1=C\c1ccco1)N2c1ccccc1. The maximum absolute atomic E-state index is 13.4. The Morgan fingerprint density at radius 1 is 0.778 bits per heavy atom. The van der Waals surface area contributed by atoms with Crippen molar-refractivity contribution in [3.8, 4) is 0 Å². The van der Waals surface area contributed by atoms with Crippen LogP contribution in [-0.4, -0.2) is 17.9 Å². The van der Waals surface area contributed by atoms with Crippen molar-refractivity contribution in [1.29, 1.82) is 0 Å². The number of hydrogen-bond donors (Lipinski definition) is 0. The number of carbonyl (C=O) groups is 1. The molecule has 4 nitrogen and oxygen atoms in total. The van der Waals surface area contributed by atoms with E-state index in [1.165, 1.54) is 0 Å². The van der Waals surface area contributed by atoms with E-state index in [9.17, 15) is 4.79 Å². The second-order valence-electron chi connectivity index (χ2n) is 6.91. The van der Waals surface area contributed by atoms with Gasteiger partial charge in [0.1, 0.15) is 11.5 Å². The highest BCUT2D eigenvalue weighted by molar-refractivity contribution is 6.17. The Labute approximate surface area is 157 Å². The van der Waals surface area contributed by atoms with E-state index in [4.69, 9.17) is 8.83 Å². The van der Waals surface area contributed by atoms with E-state index in [2.05, 4.69) is 17.0 Å². The van der Waals surface area contributed by atoms with Crippen LogP contribution in [0, 0.1) is 0 Å². The normalized spacial score (nSPS) is 24.9. The fourth-order valence-electron chi connectivity index (χ4n) is 4.23. The van der Waals surface area contributed by atoms with Crippen LogP contribution < -0.4 is 4.90 Å². The Morgan fingerprint density at radius 3 is 1.81 bits per heavy atom.